The SMILES string of the molecule is CN=C(NCCCNC(=O)c1cccs1)NCCN(C)CCCOC.I. The third-order valence-corrected chi connectivity index (χ3v) is 4.44. The first-order valence-corrected chi connectivity index (χ1v) is 9.49. The molecule has 0 aliphatic rings. The van der Waals surface area contributed by atoms with Crippen LogP contribution >= 0.6 is 35.3 Å². The number of guanidine groups is 1. The van der Waals surface area contributed by atoms with Crippen molar-refractivity contribution in [3.63, 3.8) is 0 Å². The third-order valence-electron chi connectivity index (χ3n) is 3.57. The highest BCUT2D eigenvalue weighted by Crippen LogP contribution is 2.07. The Kier molecular flexibility index (Phi) is 15.7. The van der Waals surface area contributed by atoms with Crippen molar-refractivity contribution in [2.45, 2.75) is 12.8 Å². The summed E-state index contributed by atoms with van der Waals surface area (Å²) in [6, 6.07) is 3.71. The van der Waals surface area contributed by atoms with Crippen molar-refractivity contribution >= 4 is 47.2 Å². The van der Waals surface area contributed by atoms with Gasteiger partial charge in [-0.25, -0.2) is 0 Å². The number of methoxy groups -OCH3 is 1. The lowest BCUT2D eigenvalue weighted by Crippen LogP contribution is -2.42. The number of carbonyl (C=O) groups excluding carboxylic acids is 1. The second kappa shape index (κ2) is 16.3. The first kappa shape index (κ1) is 25.1. The van der Waals surface area contributed by atoms with Gasteiger partial charge in [-0.2, -0.15) is 0 Å². The predicted molar refractivity (Wildman–Crippen MR) is 120 cm³/mol. The topological polar surface area (TPSA) is 78.0 Å². The molecule has 0 aliphatic carbocycles. The zero-order valence-electron chi connectivity index (χ0n) is 15.9. The van der Waals surface area contributed by atoms with Gasteiger partial charge in [0.1, 0.15) is 0 Å². The van der Waals surface area contributed by atoms with Gasteiger partial charge in [0.05, 0.1) is 4.88 Å². The number of halogens is 1. The molecule has 0 radical (unpaired) electrons. The molecule has 7 nitrogen and oxygen atoms in total. The fourth-order valence-electron chi connectivity index (χ4n) is 2.17. The van der Waals surface area contributed by atoms with E-state index in [1.165, 1.54) is 11.3 Å². The number of rotatable bonds is 12. The Hall–Kier alpha value is -0.910. The summed E-state index contributed by atoms with van der Waals surface area (Å²) in [5.74, 6) is 0.781. The smallest absolute Gasteiger partial charge is 0.261 e. The number of thiophene rings is 1. The van der Waals surface area contributed by atoms with Crippen LogP contribution in [-0.4, -0.2) is 77.3 Å². The summed E-state index contributed by atoms with van der Waals surface area (Å²) in [5.41, 5.74) is 0. The van der Waals surface area contributed by atoms with Gasteiger partial charge in [-0.15, -0.1) is 35.3 Å². The van der Waals surface area contributed by atoms with Crippen LogP contribution in [0.15, 0.2) is 22.5 Å². The summed E-state index contributed by atoms with van der Waals surface area (Å²) in [5, 5.41) is 11.4. The molecule has 0 unspecified atom stereocenters. The summed E-state index contributed by atoms with van der Waals surface area (Å²) in [6.45, 7) is 4.99. The van der Waals surface area contributed by atoms with Gasteiger partial charge in [-0.1, -0.05) is 6.07 Å². The molecule has 0 aliphatic heterocycles. The van der Waals surface area contributed by atoms with Crippen molar-refractivity contribution < 1.29 is 9.53 Å². The maximum atomic E-state index is 11.8. The molecule has 9 heteroatoms. The molecule has 26 heavy (non-hydrogen) atoms. The molecule has 1 heterocycles. The van der Waals surface area contributed by atoms with E-state index in [1.807, 2.05) is 17.5 Å². The molecule has 1 aromatic rings. The summed E-state index contributed by atoms with van der Waals surface area (Å²) in [7, 11) is 5.59. The van der Waals surface area contributed by atoms with Crippen LogP contribution in [0.3, 0.4) is 0 Å². The molecule has 0 fully saturated rings. The van der Waals surface area contributed by atoms with Crippen molar-refractivity contribution in [2.75, 3.05) is 60.5 Å². The highest BCUT2D eigenvalue weighted by atomic mass is 127. The lowest BCUT2D eigenvalue weighted by molar-refractivity contribution is 0.0957. The maximum absolute atomic E-state index is 11.8. The van der Waals surface area contributed by atoms with Crippen LogP contribution in [0.1, 0.15) is 22.5 Å². The second-order valence-electron chi connectivity index (χ2n) is 5.66. The van der Waals surface area contributed by atoms with Crippen LogP contribution in [0.5, 0.6) is 0 Å². The number of amides is 1. The first-order valence-electron chi connectivity index (χ1n) is 8.61. The highest BCUT2D eigenvalue weighted by Gasteiger charge is 2.05. The molecule has 0 saturated heterocycles. The van der Waals surface area contributed by atoms with Crippen LogP contribution in [0.4, 0.5) is 0 Å². The molecule has 0 saturated carbocycles. The maximum Gasteiger partial charge on any atom is 0.261 e. The average Bonchev–Trinajstić information content (AvgIpc) is 3.14. The van der Waals surface area contributed by atoms with E-state index in [1.54, 1.807) is 14.2 Å². The minimum absolute atomic E-state index is 0. The van der Waals surface area contributed by atoms with Crippen LogP contribution in [-0.2, 0) is 4.74 Å². The fraction of sp³-hybridized carbons (Fsp3) is 0.647. The molecule has 150 valence electrons. The van der Waals surface area contributed by atoms with Crippen molar-refractivity contribution in [2.24, 2.45) is 4.99 Å². The number of nitrogens with zero attached hydrogens (tertiary/aromatic N) is 2. The van der Waals surface area contributed by atoms with Gasteiger partial charge in [0.25, 0.3) is 5.91 Å². The minimum Gasteiger partial charge on any atom is -0.385 e. The van der Waals surface area contributed by atoms with Gasteiger partial charge in [-0.3, -0.25) is 9.79 Å². The lowest BCUT2D eigenvalue weighted by Gasteiger charge is -2.18. The monoisotopic (exact) mass is 497 g/mol. The molecule has 3 N–H and O–H groups in total. The van der Waals surface area contributed by atoms with E-state index >= 15 is 0 Å². The van der Waals surface area contributed by atoms with Crippen molar-refractivity contribution in [3.05, 3.63) is 22.4 Å². The number of hydrogen-bond donors (Lipinski definition) is 3. The van der Waals surface area contributed by atoms with E-state index in [9.17, 15) is 4.79 Å². The number of nitrogens with one attached hydrogen (secondary N) is 3. The Morgan fingerprint density at radius 2 is 1.92 bits per heavy atom. The van der Waals surface area contributed by atoms with E-state index in [0.29, 0.717) is 6.54 Å². The first-order chi connectivity index (χ1) is 12.2. The van der Waals surface area contributed by atoms with E-state index in [4.69, 9.17) is 4.74 Å². The molecule has 1 rings (SSSR count). The van der Waals surface area contributed by atoms with Crippen molar-refractivity contribution in [3.8, 4) is 0 Å². The summed E-state index contributed by atoms with van der Waals surface area (Å²) in [6.07, 6.45) is 1.88. The zero-order valence-corrected chi connectivity index (χ0v) is 19.1. The van der Waals surface area contributed by atoms with Crippen LogP contribution in [0, 0.1) is 0 Å². The Labute approximate surface area is 178 Å². The molecular formula is C17H32IN5O2S. The van der Waals surface area contributed by atoms with Crippen LogP contribution in [0.25, 0.3) is 0 Å². The van der Waals surface area contributed by atoms with Crippen LogP contribution < -0.4 is 16.0 Å². The van der Waals surface area contributed by atoms with E-state index < -0.39 is 0 Å². The minimum atomic E-state index is -0.00554. The standard InChI is InChI=1S/C17H31N5O2S.HI/c1-18-17(21-10-12-22(2)11-6-13-24-3)20-9-5-8-19-16(23)15-7-4-14-25-15;/h4,7,14H,5-6,8-13H2,1-3H3,(H,19,23)(H2,18,20,21);1H. The quantitative estimate of drug-likeness (QED) is 0.177. The van der Waals surface area contributed by atoms with Gasteiger partial charge in [0, 0.05) is 53.5 Å². The molecule has 0 bridgehead atoms. The van der Waals surface area contributed by atoms with Gasteiger partial charge in [-0.05, 0) is 31.3 Å². The van der Waals surface area contributed by atoms with Crippen molar-refractivity contribution in [1.29, 1.82) is 0 Å². The molecule has 1 amide bonds. The largest absolute Gasteiger partial charge is 0.385 e. The number of likely N-dealkylation sites (N-methyl/N-ethyl adjacent to an activating group) is 1. The molecule has 0 aromatic carbocycles. The van der Waals surface area contributed by atoms with E-state index in [-0.39, 0.29) is 29.9 Å². The Morgan fingerprint density at radius 1 is 1.19 bits per heavy atom. The predicted octanol–water partition coefficient (Wildman–Crippen LogP) is 1.62. The van der Waals surface area contributed by atoms with Gasteiger partial charge in [0.2, 0.25) is 0 Å². The summed E-state index contributed by atoms with van der Waals surface area (Å²) >= 11 is 1.45. The summed E-state index contributed by atoms with van der Waals surface area (Å²) in [4.78, 5) is 19.0. The van der Waals surface area contributed by atoms with Gasteiger partial charge < -0.3 is 25.6 Å². The van der Waals surface area contributed by atoms with E-state index in [2.05, 4.69) is 32.9 Å². The Bertz CT molecular complexity index is 499. The molecule has 1 aromatic heterocycles. The van der Waals surface area contributed by atoms with E-state index in [0.717, 1.165) is 56.5 Å². The lowest BCUT2D eigenvalue weighted by atomic mass is 10.4. The Balaban J connectivity index is 0.00000625. The van der Waals surface area contributed by atoms with Gasteiger partial charge >= 0.3 is 0 Å². The molecule has 0 spiro atoms. The van der Waals surface area contributed by atoms with Crippen molar-refractivity contribution in [1.82, 2.24) is 20.9 Å². The second-order valence-corrected chi connectivity index (χ2v) is 6.61. The number of hydrogen-bond acceptors (Lipinski definition) is 5. The number of ether oxygens (including phenoxy) is 1. The molecule has 0 atom stereocenters. The Morgan fingerprint density at radius 3 is 2.58 bits per heavy atom. The van der Waals surface area contributed by atoms with Gasteiger partial charge in [0.15, 0.2) is 5.96 Å². The average molecular weight is 497 g/mol. The summed E-state index contributed by atoms with van der Waals surface area (Å²) < 4.78 is 5.06. The highest BCUT2D eigenvalue weighted by molar-refractivity contribution is 14.0. The third kappa shape index (κ3) is 11.7. The zero-order chi connectivity index (χ0) is 18.3. The molecular weight excluding hydrogens is 465 g/mol. The number of aliphatic imine (C=N–C) groups is 1. The number of carbonyl (C=O) groups is 1. The fourth-order valence-corrected chi connectivity index (χ4v) is 2.81. The van der Waals surface area contributed by atoms with Crippen LogP contribution in [0.2, 0.25) is 0 Å². The normalized spacial score (nSPS) is 11.2.